The largest absolute Gasteiger partial charge is 0.381 e. The normalized spacial score (nSPS) is 18.8. The number of aromatic nitrogens is 1. The number of pyridine rings is 1. The van der Waals surface area contributed by atoms with Crippen LogP contribution >= 0.6 is 0 Å². The molecule has 0 aliphatic carbocycles. The van der Waals surface area contributed by atoms with Gasteiger partial charge in [-0.2, -0.15) is 5.26 Å². The fraction of sp³-hybridized carbons (Fsp3) is 0.500. The second-order valence-corrected chi connectivity index (χ2v) is 4.34. The van der Waals surface area contributed by atoms with E-state index in [0.717, 1.165) is 31.7 Å². The van der Waals surface area contributed by atoms with Crippen LogP contribution in [0.5, 0.6) is 0 Å². The Kier molecular flexibility index (Phi) is 3.07. The van der Waals surface area contributed by atoms with Gasteiger partial charge in [-0.05, 0) is 31.9 Å². The number of hydrogen-bond acceptors (Lipinski definition) is 4. The minimum atomic E-state index is 0.0618. The quantitative estimate of drug-likeness (QED) is 0.822. The highest BCUT2D eigenvalue weighted by atomic mass is 16.5. The van der Waals surface area contributed by atoms with Gasteiger partial charge in [-0.1, -0.05) is 0 Å². The predicted octanol–water partition coefficient (Wildman–Crippen LogP) is 1.93. The van der Waals surface area contributed by atoms with E-state index in [9.17, 15) is 0 Å². The molecule has 1 fully saturated rings. The third-order valence-electron chi connectivity index (χ3n) is 2.92. The molecule has 2 heterocycles. The van der Waals surface area contributed by atoms with Crippen molar-refractivity contribution in [3.8, 4) is 6.07 Å². The van der Waals surface area contributed by atoms with Crippen molar-refractivity contribution in [3.63, 3.8) is 0 Å². The standard InChI is InChI=1S/C12H15N3O/c1-12(3-6-16-7-4-12)15-10-2-5-14-11(8-10)9-13/h2,5,8H,3-4,6-7H2,1H3,(H,14,15). The van der Waals surface area contributed by atoms with Crippen molar-refractivity contribution in [3.05, 3.63) is 24.0 Å². The van der Waals surface area contributed by atoms with Gasteiger partial charge in [0.15, 0.2) is 0 Å². The van der Waals surface area contributed by atoms with Crippen LogP contribution in [0.2, 0.25) is 0 Å². The van der Waals surface area contributed by atoms with Gasteiger partial charge in [0.05, 0.1) is 0 Å². The van der Waals surface area contributed by atoms with Crippen molar-refractivity contribution in [2.45, 2.75) is 25.3 Å². The lowest BCUT2D eigenvalue weighted by molar-refractivity contribution is 0.0658. The van der Waals surface area contributed by atoms with Gasteiger partial charge in [-0.15, -0.1) is 0 Å². The number of anilines is 1. The van der Waals surface area contributed by atoms with Gasteiger partial charge in [0.25, 0.3) is 0 Å². The van der Waals surface area contributed by atoms with Crippen molar-refractivity contribution < 1.29 is 4.74 Å². The van der Waals surface area contributed by atoms with Crippen molar-refractivity contribution in [1.82, 2.24) is 4.98 Å². The second kappa shape index (κ2) is 4.50. The molecule has 4 heteroatoms. The van der Waals surface area contributed by atoms with Crippen LogP contribution in [0.1, 0.15) is 25.5 Å². The molecule has 0 spiro atoms. The first-order chi connectivity index (χ1) is 7.72. The van der Waals surface area contributed by atoms with E-state index in [1.807, 2.05) is 12.1 Å². The Morgan fingerprint density at radius 3 is 2.94 bits per heavy atom. The zero-order valence-electron chi connectivity index (χ0n) is 9.36. The van der Waals surface area contributed by atoms with Gasteiger partial charge in [0.2, 0.25) is 0 Å². The van der Waals surface area contributed by atoms with E-state index in [2.05, 4.69) is 17.2 Å². The molecule has 4 nitrogen and oxygen atoms in total. The first kappa shape index (κ1) is 10.9. The molecule has 1 aromatic rings. The van der Waals surface area contributed by atoms with E-state index in [4.69, 9.17) is 10.00 Å². The van der Waals surface area contributed by atoms with Crippen LogP contribution in [0.3, 0.4) is 0 Å². The minimum absolute atomic E-state index is 0.0618. The smallest absolute Gasteiger partial charge is 0.142 e. The SMILES string of the molecule is CC1(Nc2ccnc(C#N)c2)CCOCC1. The van der Waals surface area contributed by atoms with E-state index in [1.54, 1.807) is 12.3 Å². The van der Waals surface area contributed by atoms with E-state index in [1.165, 1.54) is 0 Å². The first-order valence-corrected chi connectivity index (χ1v) is 5.44. The zero-order chi connectivity index (χ0) is 11.4. The van der Waals surface area contributed by atoms with Crippen LogP contribution in [0, 0.1) is 11.3 Å². The molecule has 1 saturated heterocycles. The maximum Gasteiger partial charge on any atom is 0.142 e. The average molecular weight is 217 g/mol. The molecule has 0 aromatic carbocycles. The highest BCUT2D eigenvalue weighted by molar-refractivity contribution is 5.47. The molecule has 0 radical (unpaired) electrons. The molecule has 0 atom stereocenters. The van der Waals surface area contributed by atoms with Crippen molar-refractivity contribution in [2.75, 3.05) is 18.5 Å². The lowest BCUT2D eigenvalue weighted by Gasteiger charge is -2.35. The molecule has 0 saturated carbocycles. The summed E-state index contributed by atoms with van der Waals surface area (Å²) in [6.45, 7) is 3.77. The Morgan fingerprint density at radius 2 is 2.25 bits per heavy atom. The van der Waals surface area contributed by atoms with Crippen LogP contribution in [0.25, 0.3) is 0 Å². The molecule has 2 rings (SSSR count). The summed E-state index contributed by atoms with van der Waals surface area (Å²) in [6.07, 6.45) is 3.62. The zero-order valence-corrected chi connectivity index (χ0v) is 9.36. The summed E-state index contributed by atoms with van der Waals surface area (Å²) in [4.78, 5) is 3.95. The molecule has 0 unspecified atom stereocenters. The Labute approximate surface area is 95.3 Å². The highest BCUT2D eigenvalue weighted by Gasteiger charge is 2.26. The Bertz CT molecular complexity index is 405. The van der Waals surface area contributed by atoms with Gasteiger partial charge in [0.1, 0.15) is 11.8 Å². The van der Waals surface area contributed by atoms with Crippen molar-refractivity contribution in [2.24, 2.45) is 0 Å². The first-order valence-electron chi connectivity index (χ1n) is 5.44. The number of nitrogens with one attached hydrogen (secondary N) is 1. The maximum atomic E-state index is 8.77. The summed E-state index contributed by atoms with van der Waals surface area (Å²) >= 11 is 0. The summed E-state index contributed by atoms with van der Waals surface area (Å²) < 4.78 is 5.34. The number of nitriles is 1. The lowest BCUT2D eigenvalue weighted by Crippen LogP contribution is -2.40. The monoisotopic (exact) mass is 217 g/mol. The molecule has 0 amide bonds. The summed E-state index contributed by atoms with van der Waals surface area (Å²) in [6, 6.07) is 5.71. The van der Waals surface area contributed by atoms with Gasteiger partial charge in [-0.25, -0.2) is 4.98 Å². The van der Waals surface area contributed by atoms with Crippen LogP contribution in [0.15, 0.2) is 18.3 Å². The number of rotatable bonds is 2. The van der Waals surface area contributed by atoms with Gasteiger partial charge in [-0.3, -0.25) is 0 Å². The van der Waals surface area contributed by atoms with Gasteiger partial charge in [0, 0.05) is 30.6 Å². The molecule has 84 valence electrons. The van der Waals surface area contributed by atoms with E-state index >= 15 is 0 Å². The van der Waals surface area contributed by atoms with Crippen LogP contribution in [-0.4, -0.2) is 23.7 Å². The molecule has 1 N–H and O–H groups in total. The third kappa shape index (κ3) is 2.50. The topological polar surface area (TPSA) is 57.9 Å². The predicted molar refractivity (Wildman–Crippen MR) is 61.0 cm³/mol. The van der Waals surface area contributed by atoms with Gasteiger partial charge >= 0.3 is 0 Å². The lowest BCUT2D eigenvalue weighted by atomic mass is 9.92. The molecule has 1 aromatic heterocycles. The van der Waals surface area contributed by atoms with Crippen molar-refractivity contribution >= 4 is 5.69 Å². The van der Waals surface area contributed by atoms with Gasteiger partial charge < -0.3 is 10.1 Å². The van der Waals surface area contributed by atoms with E-state index in [0.29, 0.717) is 5.69 Å². The molecular formula is C12H15N3O. The average Bonchev–Trinajstić information content (AvgIpc) is 2.29. The fourth-order valence-corrected chi connectivity index (χ4v) is 1.86. The molecule has 1 aliphatic rings. The summed E-state index contributed by atoms with van der Waals surface area (Å²) in [5.41, 5.74) is 1.46. The summed E-state index contributed by atoms with van der Waals surface area (Å²) in [5, 5.41) is 12.2. The second-order valence-electron chi connectivity index (χ2n) is 4.34. The Morgan fingerprint density at radius 1 is 1.50 bits per heavy atom. The highest BCUT2D eigenvalue weighted by Crippen LogP contribution is 2.25. The number of nitrogens with zero attached hydrogens (tertiary/aromatic N) is 2. The summed E-state index contributed by atoms with van der Waals surface area (Å²) in [7, 11) is 0. The van der Waals surface area contributed by atoms with Crippen LogP contribution in [-0.2, 0) is 4.74 Å². The Hall–Kier alpha value is -1.60. The summed E-state index contributed by atoms with van der Waals surface area (Å²) in [5.74, 6) is 0. The van der Waals surface area contributed by atoms with E-state index < -0.39 is 0 Å². The molecule has 16 heavy (non-hydrogen) atoms. The minimum Gasteiger partial charge on any atom is -0.381 e. The third-order valence-corrected chi connectivity index (χ3v) is 2.92. The number of ether oxygens (including phenoxy) is 1. The maximum absolute atomic E-state index is 8.77. The van der Waals surface area contributed by atoms with Crippen molar-refractivity contribution in [1.29, 1.82) is 5.26 Å². The van der Waals surface area contributed by atoms with Crippen LogP contribution < -0.4 is 5.32 Å². The molecular weight excluding hydrogens is 202 g/mol. The molecule has 0 bridgehead atoms. The fourth-order valence-electron chi connectivity index (χ4n) is 1.86. The van der Waals surface area contributed by atoms with E-state index in [-0.39, 0.29) is 5.54 Å². The Balaban J connectivity index is 2.10. The number of hydrogen-bond donors (Lipinski definition) is 1. The molecule has 1 aliphatic heterocycles. The van der Waals surface area contributed by atoms with Crippen LogP contribution in [0.4, 0.5) is 5.69 Å².